The Kier molecular flexibility index (Phi) is 3.51. The molecule has 0 radical (unpaired) electrons. The number of nitrogens with one attached hydrogen (secondary N) is 1. The van der Waals surface area contributed by atoms with Gasteiger partial charge in [0.15, 0.2) is 0 Å². The van der Waals surface area contributed by atoms with Gasteiger partial charge in [0.05, 0.1) is 0 Å². The lowest BCUT2D eigenvalue weighted by molar-refractivity contribution is -0.115. The summed E-state index contributed by atoms with van der Waals surface area (Å²) >= 11 is 11.2. The first-order valence-corrected chi connectivity index (χ1v) is 4.48. The zero-order chi connectivity index (χ0) is 9.84. The lowest BCUT2D eigenvalue weighted by Gasteiger charge is -2.04. The third-order valence-corrected chi connectivity index (χ3v) is 1.74. The van der Waals surface area contributed by atoms with Crippen LogP contribution in [0.3, 0.4) is 0 Å². The van der Waals surface area contributed by atoms with E-state index in [9.17, 15) is 4.79 Å². The number of hydrogen-bond acceptors (Lipinski definition) is 2. The number of alkyl halides is 1. The topological polar surface area (TPSA) is 42.0 Å². The van der Waals surface area contributed by atoms with Crippen LogP contribution >= 0.6 is 23.2 Å². The first kappa shape index (κ1) is 10.3. The number of aromatic nitrogens is 1. The maximum absolute atomic E-state index is 11.1. The molecule has 5 heteroatoms. The van der Waals surface area contributed by atoms with E-state index in [0.717, 1.165) is 0 Å². The highest BCUT2D eigenvalue weighted by Gasteiger charge is 2.09. The molecule has 13 heavy (non-hydrogen) atoms. The Balaban J connectivity index is 2.69. The van der Waals surface area contributed by atoms with Gasteiger partial charge >= 0.3 is 0 Å². The second kappa shape index (κ2) is 4.44. The number of carbonyl (C=O) groups is 1. The van der Waals surface area contributed by atoms with Crippen LogP contribution < -0.4 is 5.32 Å². The van der Waals surface area contributed by atoms with Crippen molar-refractivity contribution in [2.75, 3.05) is 5.32 Å². The number of halogens is 2. The van der Waals surface area contributed by atoms with E-state index in [0.29, 0.717) is 11.0 Å². The molecule has 1 aromatic heterocycles. The molecule has 0 spiro atoms. The Morgan fingerprint density at radius 2 is 2.31 bits per heavy atom. The molecule has 1 heterocycles. The number of carbonyl (C=O) groups excluding carboxylic acids is 1. The Labute approximate surface area is 86.1 Å². The van der Waals surface area contributed by atoms with Crippen molar-refractivity contribution in [1.29, 1.82) is 0 Å². The average Bonchev–Trinajstić information content (AvgIpc) is 2.04. The highest BCUT2D eigenvalue weighted by atomic mass is 35.5. The van der Waals surface area contributed by atoms with E-state index in [2.05, 4.69) is 10.3 Å². The second-order valence-electron chi connectivity index (χ2n) is 2.45. The first-order valence-electron chi connectivity index (χ1n) is 3.67. The molecule has 1 unspecified atom stereocenters. The Morgan fingerprint density at radius 1 is 1.62 bits per heavy atom. The predicted molar refractivity (Wildman–Crippen MR) is 53.2 cm³/mol. The minimum absolute atomic E-state index is 0.295. The third kappa shape index (κ3) is 3.20. The summed E-state index contributed by atoms with van der Waals surface area (Å²) in [7, 11) is 0. The number of amides is 1. The number of hydrogen-bond donors (Lipinski definition) is 1. The second-order valence-corrected chi connectivity index (χ2v) is 3.49. The fourth-order valence-electron chi connectivity index (χ4n) is 0.704. The van der Waals surface area contributed by atoms with Crippen molar-refractivity contribution in [1.82, 2.24) is 4.98 Å². The van der Waals surface area contributed by atoms with Crippen LogP contribution in [0.5, 0.6) is 0 Å². The van der Waals surface area contributed by atoms with Crippen LogP contribution in [0.25, 0.3) is 0 Å². The van der Waals surface area contributed by atoms with Gasteiger partial charge in [-0.1, -0.05) is 17.7 Å². The smallest absolute Gasteiger partial charge is 0.243 e. The lowest BCUT2D eigenvalue weighted by Crippen LogP contribution is -2.20. The fourth-order valence-corrected chi connectivity index (χ4v) is 0.922. The quantitative estimate of drug-likeness (QED) is 0.612. The van der Waals surface area contributed by atoms with Gasteiger partial charge in [0.1, 0.15) is 16.3 Å². The van der Waals surface area contributed by atoms with E-state index in [1.54, 1.807) is 25.1 Å². The van der Waals surface area contributed by atoms with Gasteiger partial charge in [-0.25, -0.2) is 4.98 Å². The molecule has 1 amide bonds. The molecule has 1 rings (SSSR count). The monoisotopic (exact) mass is 218 g/mol. The fraction of sp³-hybridized carbons (Fsp3) is 0.250. The molecule has 1 atom stereocenters. The number of nitrogens with zero attached hydrogens (tertiary/aromatic N) is 1. The largest absolute Gasteiger partial charge is 0.309 e. The molecular formula is C8H8Cl2N2O. The molecule has 0 bridgehead atoms. The van der Waals surface area contributed by atoms with Gasteiger partial charge in [-0.15, -0.1) is 11.6 Å². The summed E-state index contributed by atoms with van der Waals surface area (Å²) in [5.74, 6) is 0.112. The Bertz CT molecular complexity index is 315. The molecule has 1 N–H and O–H groups in total. The molecule has 0 aliphatic carbocycles. The molecule has 70 valence electrons. The average molecular weight is 219 g/mol. The normalized spacial score (nSPS) is 12.2. The SMILES string of the molecule is CC(Cl)C(=O)Nc1cccc(Cl)n1. The molecule has 0 aliphatic heterocycles. The first-order chi connectivity index (χ1) is 6.09. The van der Waals surface area contributed by atoms with Crippen LogP contribution in [0.15, 0.2) is 18.2 Å². The third-order valence-electron chi connectivity index (χ3n) is 1.33. The molecule has 3 nitrogen and oxygen atoms in total. The van der Waals surface area contributed by atoms with Gasteiger partial charge in [-0.3, -0.25) is 4.79 Å². The van der Waals surface area contributed by atoms with Crippen LogP contribution in [0.2, 0.25) is 5.15 Å². The molecule has 0 aromatic carbocycles. The highest BCUT2D eigenvalue weighted by Crippen LogP contribution is 2.09. The van der Waals surface area contributed by atoms with Crippen molar-refractivity contribution in [3.8, 4) is 0 Å². The van der Waals surface area contributed by atoms with E-state index in [-0.39, 0.29) is 5.91 Å². The summed E-state index contributed by atoms with van der Waals surface area (Å²) in [6, 6.07) is 4.97. The van der Waals surface area contributed by atoms with Crippen molar-refractivity contribution < 1.29 is 4.79 Å². The van der Waals surface area contributed by atoms with Gasteiger partial charge in [0.2, 0.25) is 5.91 Å². The summed E-state index contributed by atoms with van der Waals surface area (Å²) in [5, 5.41) is 2.27. The molecule has 1 aromatic rings. The minimum Gasteiger partial charge on any atom is -0.309 e. The Hall–Kier alpha value is -0.800. The van der Waals surface area contributed by atoms with E-state index < -0.39 is 5.38 Å². The van der Waals surface area contributed by atoms with Crippen molar-refractivity contribution in [2.24, 2.45) is 0 Å². The number of rotatable bonds is 2. The van der Waals surface area contributed by atoms with Crippen LogP contribution in [0.4, 0.5) is 5.82 Å². The maximum atomic E-state index is 11.1. The highest BCUT2D eigenvalue weighted by molar-refractivity contribution is 6.32. The maximum Gasteiger partial charge on any atom is 0.243 e. The Morgan fingerprint density at radius 3 is 2.85 bits per heavy atom. The standard InChI is InChI=1S/C8H8Cl2N2O/c1-5(9)8(13)12-7-4-2-3-6(10)11-7/h2-5H,1H3,(H,11,12,13). The van der Waals surface area contributed by atoms with E-state index in [1.807, 2.05) is 0 Å². The van der Waals surface area contributed by atoms with Crippen molar-refractivity contribution in [3.63, 3.8) is 0 Å². The number of anilines is 1. The summed E-state index contributed by atoms with van der Waals surface area (Å²) in [6.07, 6.45) is 0. The molecule has 0 aliphatic rings. The van der Waals surface area contributed by atoms with Gasteiger partial charge < -0.3 is 5.32 Å². The molecule has 0 saturated carbocycles. The van der Waals surface area contributed by atoms with E-state index in [1.165, 1.54) is 0 Å². The van der Waals surface area contributed by atoms with Gasteiger partial charge in [0, 0.05) is 0 Å². The van der Waals surface area contributed by atoms with Gasteiger partial charge in [0.25, 0.3) is 0 Å². The molecular weight excluding hydrogens is 211 g/mol. The number of pyridine rings is 1. The van der Waals surface area contributed by atoms with Crippen LogP contribution in [0, 0.1) is 0 Å². The zero-order valence-corrected chi connectivity index (χ0v) is 8.43. The van der Waals surface area contributed by atoms with Gasteiger partial charge in [-0.05, 0) is 19.1 Å². The van der Waals surface area contributed by atoms with Gasteiger partial charge in [-0.2, -0.15) is 0 Å². The van der Waals surface area contributed by atoms with E-state index in [4.69, 9.17) is 23.2 Å². The van der Waals surface area contributed by atoms with Crippen LogP contribution in [0.1, 0.15) is 6.92 Å². The predicted octanol–water partition coefficient (Wildman–Crippen LogP) is 2.30. The molecule has 0 saturated heterocycles. The zero-order valence-electron chi connectivity index (χ0n) is 6.92. The summed E-state index contributed by atoms with van der Waals surface area (Å²) in [6.45, 7) is 1.58. The van der Waals surface area contributed by atoms with Crippen molar-refractivity contribution >= 4 is 34.9 Å². The van der Waals surface area contributed by atoms with E-state index >= 15 is 0 Å². The minimum atomic E-state index is -0.583. The van der Waals surface area contributed by atoms with Crippen molar-refractivity contribution in [2.45, 2.75) is 12.3 Å². The summed E-state index contributed by atoms with van der Waals surface area (Å²) in [5.41, 5.74) is 0. The summed E-state index contributed by atoms with van der Waals surface area (Å²) in [4.78, 5) is 15.0. The summed E-state index contributed by atoms with van der Waals surface area (Å²) < 4.78 is 0. The lowest BCUT2D eigenvalue weighted by atomic mass is 10.4. The van der Waals surface area contributed by atoms with Crippen molar-refractivity contribution in [3.05, 3.63) is 23.4 Å². The van der Waals surface area contributed by atoms with Crippen LogP contribution in [-0.4, -0.2) is 16.3 Å². The molecule has 0 fully saturated rings. The van der Waals surface area contributed by atoms with Crippen LogP contribution in [-0.2, 0) is 4.79 Å².